The third kappa shape index (κ3) is 6.26. The highest BCUT2D eigenvalue weighted by Gasteiger charge is 1.93. The quantitative estimate of drug-likeness (QED) is 0.466. The summed E-state index contributed by atoms with van der Waals surface area (Å²) in [6.45, 7) is 9.40. The molecule has 0 N–H and O–H groups in total. The Bertz CT molecular complexity index is 173. The lowest BCUT2D eigenvalue weighted by Gasteiger charge is -2.07. The van der Waals surface area contributed by atoms with Crippen LogP contribution in [0.4, 0.5) is 0 Å². The van der Waals surface area contributed by atoms with Crippen molar-refractivity contribution < 1.29 is 9.47 Å². The van der Waals surface area contributed by atoms with Crippen LogP contribution in [0.25, 0.3) is 0 Å². The number of hydrogen-bond acceptors (Lipinski definition) is 2. The molecule has 13 heavy (non-hydrogen) atoms. The summed E-state index contributed by atoms with van der Waals surface area (Å²) in [5, 5.41) is 0. The van der Waals surface area contributed by atoms with E-state index in [1.54, 1.807) is 0 Å². The van der Waals surface area contributed by atoms with Crippen LogP contribution in [0.5, 0.6) is 0 Å². The Kier molecular flexibility index (Phi) is 7.17. The minimum atomic E-state index is 0.609. The van der Waals surface area contributed by atoms with E-state index in [9.17, 15) is 0 Å². The van der Waals surface area contributed by atoms with Crippen LogP contribution >= 0.6 is 0 Å². The van der Waals surface area contributed by atoms with Crippen LogP contribution in [0.2, 0.25) is 0 Å². The van der Waals surface area contributed by atoms with Gasteiger partial charge in [0.2, 0.25) is 0 Å². The maximum atomic E-state index is 5.27. The molecule has 0 radical (unpaired) electrons. The van der Waals surface area contributed by atoms with Gasteiger partial charge in [-0.15, -0.1) is 0 Å². The van der Waals surface area contributed by atoms with Crippen molar-refractivity contribution in [1.82, 2.24) is 0 Å². The molecule has 0 spiro atoms. The van der Waals surface area contributed by atoms with Crippen LogP contribution in [-0.2, 0) is 9.47 Å². The number of rotatable bonds is 6. The maximum Gasteiger partial charge on any atom is 0.279 e. The lowest BCUT2D eigenvalue weighted by atomic mass is 10.2. The van der Waals surface area contributed by atoms with Crippen molar-refractivity contribution in [3.05, 3.63) is 23.7 Å². The lowest BCUT2D eigenvalue weighted by Crippen LogP contribution is -1.96. The van der Waals surface area contributed by atoms with Gasteiger partial charge in [-0.3, -0.25) is 0 Å². The smallest absolute Gasteiger partial charge is 0.279 e. The van der Waals surface area contributed by atoms with E-state index >= 15 is 0 Å². The maximum absolute atomic E-state index is 5.27. The molecule has 0 bridgehead atoms. The van der Waals surface area contributed by atoms with Gasteiger partial charge in [-0.2, -0.15) is 0 Å². The van der Waals surface area contributed by atoms with Crippen LogP contribution in [0.1, 0.15) is 34.1 Å². The van der Waals surface area contributed by atoms with Gasteiger partial charge in [0.1, 0.15) is 0 Å². The van der Waals surface area contributed by atoms with Gasteiger partial charge in [0.15, 0.2) is 0 Å². The Labute approximate surface area is 81.2 Å². The first kappa shape index (κ1) is 12.1. The van der Waals surface area contributed by atoms with E-state index in [1.807, 2.05) is 26.0 Å². The van der Waals surface area contributed by atoms with E-state index in [-0.39, 0.29) is 0 Å². The molecule has 0 saturated carbocycles. The molecule has 0 amide bonds. The summed E-state index contributed by atoms with van der Waals surface area (Å²) in [7, 11) is 0. The summed E-state index contributed by atoms with van der Waals surface area (Å²) in [5.41, 5.74) is 1.32. The van der Waals surface area contributed by atoms with Crippen molar-refractivity contribution in [3.8, 4) is 0 Å². The van der Waals surface area contributed by atoms with Gasteiger partial charge in [-0.05, 0) is 27.2 Å². The molecule has 0 saturated heterocycles. The molecule has 0 aromatic heterocycles. The molecule has 76 valence electrons. The summed E-state index contributed by atoms with van der Waals surface area (Å²) < 4.78 is 10.5. The van der Waals surface area contributed by atoms with Crippen molar-refractivity contribution in [2.45, 2.75) is 34.1 Å². The third-order valence-corrected chi connectivity index (χ3v) is 1.63. The first-order valence-electron chi connectivity index (χ1n) is 4.87. The summed E-state index contributed by atoms with van der Waals surface area (Å²) >= 11 is 0. The van der Waals surface area contributed by atoms with Crippen molar-refractivity contribution in [3.63, 3.8) is 0 Å². The average Bonchev–Trinajstić information content (AvgIpc) is 2.14. The van der Waals surface area contributed by atoms with Gasteiger partial charge in [0.25, 0.3) is 5.95 Å². The van der Waals surface area contributed by atoms with Crippen molar-refractivity contribution >= 4 is 0 Å². The topological polar surface area (TPSA) is 18.5 Å². The van der Waals surface area contributed by atoms with E-state index in [1.165, 1.54) is 5.57 Å². The van der Waals surface area contributed by atoms with Gasteiger partial charge in [-0.1, -0.05) is 18.6 Å². The Morgan fingerprint density at radius 2 is 1.54 bits per heavy atom. The van der Waals surface area contributed by atoms with E-state index in [2.05, 4.69) is 13.8 Å². The zero-order valence-corrected chi connectivity index (χ0v) is 9.09. The van der Waals surface area contributed by atoms with Gasteiger partial charge in [0.05, 0.1) is 13.2 Å². The molecule has 2 heteroatoms. The van der Waals surface area contributed by atoms with Crippen molar-refractivity contribution in [2.75, 3.05) is 13.2 Å². The molecule has 0 aliphatic rings. The molecule has 0 aliphatic carbocycles. The highest BCUT2D eigenvalue weighted by molar-refractivity contribution is 5.10. The first-order chi connectivity index (χ1) is 6.24. The highest BCUT2D eigenvalue weighted by Crippen LogP contribution is 2.04. The van der Waals surface area contributed by atoms with Gasteiger partial charge in [0, 0.05) is 6.08 Å². The molecular weight excluding hydrogens is 164 g/mol. The number of allylic oxidation sites excluding steroid dienone is 3. The Hall–Kier alpha value is -0.920. The van der Waals surface area contributed by atoms with Crippen LogP contribution in [-0.4, -0.2) is 13.2 Å². The lowest BCUT2D eigenvalue weighted by molar-refractivity contribution is 0.0468. The van der Waals surface area contributed by atoms with Crippen LogP contribution in [0, 0.1) is 0 Å². The van der Waals surface area contributed by atoms with Gasteiger partial charge < -0.3 is 9.47 Å². The Balaban J connectivity index is 4.16. The van der Waals surface area contributed by atoms with E-state index in [0.717, 1.165) is 6.42 Å². The molecule has 0 rings (SSSR count). The van der Waals surface area contributed by atoms with E-state index in [0.29, 0.717) is 19.2 Å². The number of ether oxygens (including phenoxy) is 2. The molecule has 0 aliphatic heterocycles. The number of hydrogen-bond donors (Lipinski definition) is 0. The van der Waals surface area contributed by atoms with Crippen molar-refractivity contribution in [2.24, 2.45) is 0 Å². The fraction of sp³-hybridized carbons (Fsp3) is 0.636. The fourth-order valence-electron chi connectivity index (χ4n) is 0.751. The standard InChI is InChI=1S/C11H20O2/c1-5-10(4)8-9-11(12-6-2)13-7-3/h8-9H,5-7H2,1-4H3. The zero-order valence-electron chi connectivity index (χ0n) is 9.09. The predicted octanol–water partition coefficient (Wildman–Crippen LogP) is 3.26. The van der Waals surface area contributed by atoms with E-state index in [4.69, 9.17) is 9.47 Å². The third-order valence-electron chi connectivity index (χ3n) is 1.63. The summed E-state index contributed by atoms with van der Waals surface area (Å²) in [6, 6.07) is 0. The predicted molar refractivity (Wildman–Crippen MR) is 55.4 cm³/mol. The summed E-state index contributed by atoms with van der Waals surface area (Å²) in [5.74, 6) is 0.609. The summed E-state index contributed by atoms with van der Waals surface area (Å²) in [6.07, 6.45) is 4.97. The van der Waals surface area contributed by atoms with Gasteiger partial charge in [-0.25, -0.2) is 0 Å². The molecule has 0 aromatic carbocycles. The SMILES string of the molecule is CCOC(=CC=C(C)CC)OCC. The van der Waals surface area contributed by atoms with E-state index < -0.39 is 0 Å². The molecule has 2 nitrogen and oxygen atoms in total. The average molecular weight is 184 g/mol. The molecular formula is C11H20O2. The summed E-state index contributed by atoms with van der Waals surface area (Å²) in [4.78, 5) is 0. The zero-order chi connectivity index (χ0) is 10.1. The normalized spacial score (nSPS) is 10.9. The first-order valence-corrected chi connectivity index (χ1v) is 4.87. The highest BCUT2D eigenvalue weighted by atomic mass is 16.7. The largest absolute Gasteiger partial charge is 0.466 e. The Morgan fingerprint density at radius 3 is 1.92 bits per heavy atom. The van der Waals surface area contributed by atoms with Crippen molar-refractivity contribution in [1.29, 1.82) is 0 Å². The molecule has 0 atom stereocenters. The molecule has 0 aromatic rings. The molecule has 0 fully saturated rings. The minimum Gasteiger partial charge on any atom is -0.466 e. The minimum absolute atomic E-state index is 0.609. The Morgan fingerprint density at radius 1 is 1.00 bits per heavy atom. The molecule has 0 heterocycles. The monoisotopic (exact) mass is 184 g/mol. The molecule has 0 unspecified atom stereocenters. The fourth-order valence-corrected chi connectivity index (χ4v) is 0.751. The van der Waals surface area contributed by atoms with Crippen LogP contribution in [0.15, 0.2) is 23.7 Å². The van der Waals surface area contributed by atoms with Crippen LogP contribution < -0.4 is 0 Å². The second kappa shape index (κ2) is 7.71. The van der Waals surface area contributed by atoms with Crippen LogP contribution in [0.3, 0.4) is 0 Å². The van der Waals surface area contributed by atoms with Gasteiger partial charge >= 0.3 is 0 Å². The second-order valence-corrected chi connectivity index (χ2v) is 2.72. The second-order valence-electron chi connectivity index (χ2n) is 2.72.